The van der Waals surface area contributed by atoms with E-state index < -0.39 is 0 Å². The standard InChI is InChI=1S/C11H14ClN5/c1-3-14-10(9-4-5-13-7-15-9)11-8(12)6-16-17(11)2/h4-7,10,14H,3H2,1-2H3. The van der Waals surface area contributed by atoms with Crippen molar-refractivity contribution in [2.75, 3.05) is 6.54 Å². The minimum absolute atomic E-state index is 0.0667. The first-order valence-electron chi connectivity index (χ1n) is 5.40. The van der Waals surface area contributed by atoms with Gasteiger partial charge in [-0.2, -0.15) is 5.10 Å². The molecule has 1 atom stereocenters. The molecule has 0 fully saturated rings. The molecular weight excluding hydrogens is 238 g/mol. The van der Waals surface area contributed by atoms with Crippen LogP contribution in [0.1, 0.15) is 24.4 Å². The molecule has 0 saturated heterocycles. The Bertz CT molecular complexity index is 462. The molecule has 0 aliphatic heterocycles. The summed E-state index contributed by atoms with van der Waals surface area (Å²) < 4.78 is 1.76. The molecule has 0 amide bonds. The van der Waals surface area contributed by atoms with E-state index in [4.69, 9.17) is 11.6 Å². The van der Waals surface area contributed by atoms with Gasteiger partial charge in [-0.1, -0.05) is 18.5 Å². The van der Waals surface area contributed by atoms with Crippen LogP contribution in [0.3, 0.4) is 0 Å². The van der Waals surface area contributed by atoms with Crippen molar-refractivity contribution in [2.24, 2.45) is 7.05 Å². The molecule has 2 heterocycles. The first-order chi connectivity index (χ1) is 8.24. The lowest BCUT2D eigenvalue weighted by molar-refractivity contribution is 0.561. The lowest BCUT2D eigenvalue weighted by Gasteiger charge is -2.17. The minimum atomic E-state index is -0.0667. The van der Waals surface area contributed by atoms with Crippen LogP contribution in [-0.4, -0.2) is 26.3 Å². The number of aryl methyl sites for hydroxylation is 1. The Kier molecular flexibility index (Phi) is 3.71. The molecule has 5 nitrogen and oxygen atoms in total. The van der Waals surface area contributed by atoms with Crippen LogP contribution in [0.25, 0.3) is 0 Å². The van der Waals surface area contributed by atoms with Gasteiger partial charge in [-0.3, -0.25) is 4.68 Å². The number of halogens is 1. The van der Waals surface area contributed by atoms with Gasteiger partial charge in [0.05, 0.1) is 28.6 Å². The highest BCUT2D eigenvalue weighted by Crippen LogP contribution is 2.26. The number of nitrogens with zero attached hydrogens (tertiary/aromatic N) is 4. The predicted octanol–water partition coefficient (Wildman–Crippen LogP) is 1.56. The van der Waals surface area contributed by atoms with E-state index >= 15 is 0 Å². The number of rotatable bonds is 4. The molecule has 17 heavy (non-hydrogen) atoms. The van der Waals surface area contributed by atoms with Gasteiger partial charge in [0.15, 0.2) is 0 Å². The molecule has 0 radical (unpaired) electrons. The summed E-state index contributed by atoms with van der Waals surface area (Å²) in [4.78, 5) is 8.18. The zero-order valence-electron chi connectivity index (χ0n) is 9.76. The van der Waals surface area contributed by atoms with Crippen molar-refractivity contribution in [3.63, 3.8) is 0 Å². The fraction of sp³-hybridized carbons (Fsp3) is 0.364. The summed E-state index contributed by atoms with van der Waals surface area (Å²) in [5.41, 5.74) is 1.79. The molecule has 90 valence electrons. The van der Waals surface area contributed by atoms with Crippen molar-refractivity contribution < 1.29 is 0 Å². The van der Waals surface area contributed by atoms with Gasteiger partial charge >= 0.3 is 0 Å². The summed E-state index contributed by atoms with van der Waals surface area (Å²) >= 11 is 6.16. The van der Waals surface area contributed by atoms with Gasteiger partial charge in [0.1, 0.15) is 6.33 Å². The normalized spacial score (nSPS) is 12.6. The first-order valence-corrected chi connectivity index (χ1v) is 5.78. The van der Waals surface area contributed by atoms with Crippen LogP contribution in [0.2, 0.25) is 5.02 Å². The molecule has 6 heteroatoms. The Balaban J connectivity index is 2.43. The third-order valence-corrected chi connectivity index (χ3v) is 2.81. The Hall–Kier alpha value is -1.46. The van der Waals surface area contributed by atoms with E-state index in [1.807, 2.05) is 20.0 Å². The molecule has 0 aromatic carbocycles. The average molecular weight is 252 g/mol. The highest BCUT2D eigenvalue weighted by molar-refractivity contribution is 6.31. The van der Waals surface area contributed by atoms with Crippen LogP contribution >= 0.6 is 11.6 Å². The molecule has 1 unspecified atom stereocenters. The predicted molar refractivity (Wildman–Crippen MR) is 65.8 cm³/mol. The summed E-state index contributed by atoms with van der Waals surface area (Å²) in [5, 5.41) is 8.13. The van der Waals surface area contributed by atoms with Gasteiger partial charge in [-0.25, -0.2) is 9.97 Å². The van der Waals surface area contributed by atoms with Gasteiger partial charge in [0.2, 0.25) is 0 Å². The lowest BCUT2D eigenvalue weighted by Crippen LogP contribution is -2.25. The summed E-state index contributed by atoms with van der Waals surface area (Å²) in [7, 11) is 1.87. The molecule has 0 aliphatic rings. The average Bonchev–Trinajstić information content (AvgIpc) is 2.68. The lowest BCUT2D eigenvalue weighted by atomic mass is 10.1. The maximum absolute atomic E-state index is 6.16. The monoisotopic (exact) mass is 251 g/mol. The second-order valence-electron chi connectivity index (χ2n) is 3.63. The van der Waals surface area contributed by atoms with Crippen molar-refractivity contribution in [2.45, 2.75) is 13.0 Å². The van der Waals surface area contributed by atoms with E-state index in [0.29, 0.717) is 5.02 Å². The molecule has 2 aromatic heterocycles. The fourth-order valence-corrected chi connectivity index (χ4v) is 2.04. The summed E-state index contributed by atoms with van der Waals surface area (Å²) in [5.74, 6) is 0. The Morgan fingerprint density at radius 3 is 2.88 bits per heavy atom. The number of aromatic nitrogens is 4. The summed E-state index contributed by atoms with van der Waals surface area (Å²) in [6.07, 6.45) is 4.89. The van der Waals surface area contributed by atoms with E-state index in [2.05, 4.69) is 20.4 Å². The Labute approximate surface area is 105 Å². The fourth-order valence-electron chi connectivity index (χ4n) is 1.76. The third kappa shape index (κ3) is 2.45. The molecule has 2 aromatic rings. The van der Waals surface area contributed by atoms with Crippen molar-refractivity contribution in [3.05, 3.63) is 41.2 Å². The minimum Gasteiger partial charge on any atom is -0.304 e. The van der Waals surface area contributed by atoms with Crippen LogP contribution in [0.15, 0.2) is 24.8 Å². The third-order valence-electron chi connectivity index (χ3n) is 2.52. The van der Waals surface area contributed by atoms with Crippen LogP contribution in [-0.2, 0) is 7.05 Å². The number of nitrogens with one attached hydrogen (secondary N) is 1. The van der Waals surface area contributed by atoms with Crippen molar-refractivity contribution in [3.8, 4) is 0 Å². The zero-order chi connectivity index (χ0) is 12.3. The quantitative estimate of drug-likeness (QED) is 0.896. The SMILES string of the molecule is CCNC(c1ccncn1)c1c(Cl)cnn1C. The van der Waals surface area contributed by atoms with Gasteiger partial charge in [0.25, 0.3) is 0 Å². The summed E-state index contributed by atoms with van der Waals surface area (Å²) in [6.45, 7) is 2.86. The molecule has 0 saturated carbocycles. The molecule has 2 rings (SSSR count). The van der Waals surface area contributed by atoms with Gasteiger partial charge < -0.3 is 5.32 Å². The second kappa shape index (κ2) is 5.25. The topological polar surface area (TPSA) is 55.6 Å². The highest BCUT2D eigenvalue weighted by Gasteiger charge is 2.21. The van der Waals surface area contributed by atoms with Crippen LogP contribution in [0.4, 0.5) is 0 Å². The second-order valence-corrected chi connectivity index (χ2v) is 4.03. The molecule has 0 spiro atoms. The van der Waals surface area contributed by atoms with Crippen LogP contribution < -0.4 is 5.32 Å². The molecular formula is C11H14ClN5. The van der Waals surface area contributed by atoms with Gasteiger partial charge in [-0.05, 0) is 12.6 Å². The van der Waals surface area contributed by atoms with E-state index in [9.17, 15) is 0 Å². The highest BCUT2D eigenvalue weighted by atomic mass is 35.5. The molecule has 1 N–H and O–H groups in total. The number of hydrogen-bond acceptors (Lipinski definition) is 4. The molecule has 0 aliphatic carbocycles. The van der Waals surface area contributed by atoms with Crippen molar-refractivity contribution in [1.29, 1.82) is 0 Å². The number of hydrogen-bond donors (Lipinski definition) is 1. The first kappa shape index (κ1) is 12.0. The van der Waals surface area contributed by atoms with Gasteiger partial charge in [0, 0.05) is 13.2 Å². The van der Waals surface area contributed by atoms with E-state index in [1.165, 1.54) is 6.33 Å². The largest absolute Gasteiger partial charge is 0.304 e. The van der Waals surface area contributed by atoms with Crippen LogP contribution in [0.5, 0.6) is 0 Å². The Morgan fingerprint density at radius 1 is 1.53 bits per heavy atom. The van der Waals surface area contributed by atoms with E-state index in [1.54, 1.807) is 17.1 Å². The maximum atomic E-state index is 6.16. The maximum Gasteiger partial charge on any atom is 0.115 e. The summed E-state index contributed by atoms with van der Waals surface area (Å²) in [6, 6.07) is 1.81. The van der Waals surface area contributed by atoms with E-state index in [0.717, 1.165) is 17.9 Å². The molecule has 0 bridgehead atoms. The Morgan fingerprint density at radius 2 is 2.35 bits per heavy atom. The van der Waals surface area contributed by atoms with E-state index in [-0.39, 0.29) is 6.04 Å². The van der Waals surface area contributed by atoms with Gasteiger partial charge in [-0.15, -0.1) is 0 Å². The smallest absolute Gasteiger partial charge is 0.115 e. The zero-order valence-corrected chi connectivity index (χ0v) is 10.5. The van der Waals surface area contributed by atoms with Crippen molar-refractivity contribution >= 4 is 11.6 Å². The van der Waals surface area contributed by atoms with Crippen molar-refractivity contribution in [1.82, 2.24) is 25.1 Å². The van der Waals surface area contributed by atoms with Crippen LogP contribution in [0, 0.1) is 0 Å².